The Kier molecular flexibility index (Phi) is 19.4. The number of primary amides is 2. The molecule has 0 fully saturated rings. The zero-order valence-corrected chi connectivity index (χ0v) is 33.6. The van der Waals surface area contributed by atoms with E-state index in [0.29, 0.717) is 60.8 Å². The summed E-state index contributed by atoms with van der Waals surface area (Å²) in [5, 5.41) is 20.0. The minimum atomic E-state index is -1.34. The first-order chi connectivity index (χ1) is 28.2. The molecule has 0 unspecified atom stereocenters. The Morgan fingerprint density at radius 2 is 1.07 bits per heavy atom. The molecule has 316 valence electrons. The number of unbranched alkanes of at least 4 members (excludes halogenated alkanes) is 4. The monoisotopic (exact) mass is 812 g/mol. The largest absolute Gasteiger partial charge is 0.480 e. The number of benzene rings is 3. The summed E-state index contributed by atoms with van der Waals surface area (Å²) in [6, 6.07) is 19.7. The third-order valence-corrected chi connectivity index (χ3v) is 9.93. The van der Waals surface area contributed by atoms with Gasteiger partial charge in [0.05, 0.1) is 6.42 Å². The lowest BCUT2D eigenvalue weighted by Crippen LogP contribution is -2.55. The number of carbonyl (C=O) groups excluding carboxylic acids is 7. The van der Waals surface area contributed by atoms with Crippen LogP contribution in [0.15, 0.2) is 84.9 Å². The number of hydrogen-bond acceptors (Lipinski definition) is 8. The standard InChI is InChI=1S/C44H56N6O9/c1-3-28(2)39(43(57)48-33(41(46)55)25-30-21-23-32(24-22-30)40(54)31-17-11-8-12-18-31)50-38(53)20-14-6-4-5-13-19-37(52)47-34(27-36(45)51)42(56)49-35(44(58)59)26-29-15-9-7-10-16-29/h7-12,15-18,21-24,28,33-35,39H,3-6,13-14,19-20,25-27H2,1-2H3,(H2,45,51)(H2,46,55)(H,47,52)(H,48,57)(H,49,56)(H,50,53)(H,58,59)/t28-,33+,34+,35+,39+/m1/s1. The van der Waals surface area contributed by atoms with Gasteiger partial charge in [0.25, 0.3) is 0 Å². The van der Waals surface area contributed by atoms with E-state index < -0.39 is 66.1 Å². The summed E-state index contributed by atoms with van der Waals surface area (Å²) in [5.41, 5.74) is 13.3. The second-order valence-electron chi connectivity index (χ2n) is 14.6. The SMILES string of the molecule is CC[C@@H](C)[C@H](NC(=O)CCCCCCCC(=O)N[C@@H](CC(N)=O)C(=O)N[C@@H](Cc1ccccc1)C(=O)O)C(=O)N[C@@H](Cc1ccc(C(=O)c2ccccc2)cc1)C(N)=O. The highest BCUT2D eigenvalue weighted by molar-refractivity contribution is 6.09. The van der Waals surface area contributed by atoms with Crippen LogP contribution in [-0.2, 0) is 46.4 Å². The number of hydrogen-bond donors (Lipinski definition) is 7. The normalized spacial score (nSPS) is 13.4. The van der Waals surface area contributed by atoms with Gasteiger partial charge >= 0.3 is 5.97 Å². The van der Waals surface area contributed by atoms with E-state index in [0.717, 1.165) is 0 Å². The average Bonchev–Trinajstić information content (AvgIpc) is 3.21. The molecule has 0 aliphatic carbocycles. The molecule has 3 rings (SSSR count). The van der Waals surface area contributed by atoms with Gasteiger partial charge in [-0.1, -0.05) is 124 Å². The van der Waals surface area contributed by atoms with Gasteiger partial charge < -0.3 is 37.8 Å². The zero-order chi connectivity index (χ0) is 43.3. The summed E-state index contributed by atoms with van der Waals surface area (Å²) in [5.74, 6) is -5.43. The van der Waals surface area contributed by atoms with Crippen LogP contribution in [0.5, 0.6) is 0 Å². The number of carboxylic acid groups (broad SMARTS) is 1. The van der Waals surface area contributed by atoms with Crippen molar-refractivity contribution in [2.24, 2.45) is 17.4 Å². The fourth-order valence-corrected chi connectivity index (χ4v) is 6.32. The van der Waals surface area contributed by atoms with Crippen LogP contribution in [0.2, 0.25) is 0 Å². The Morgan fingerprint density at radius 3 is 1.61 bits per heavy atom. The Labute approximate surface area is 344 Å². The Morgan fingerprint density at radius 1 is 0.576 bits per heavy atom. The second-order valence-corrected chi connectivity index (χ2v) is 14.6. The first kappa shape index (κ1) is 47.0. The fraction of sp³-hybridized carbons (Fsp3) is 0.409. The summed E-state index contributed by atoms with van der Waals surface area (Å²) >= 11 is 0. The minimum absolute atomic E-state index is 0.00453. The molecule has 3 aromatic rings. The predicted octanol–water partition coefficient (Wildman–Crippen LogP) is 2.86. The Balaban J connectivity index is 1.41. The van der Waals surface area contributed by atoms with Gasteiger partial charge in [-0.05, 0) is 29.9 Å². The van der Waals surface area contributed by atoms with Crippen LogP contribution in [0.25, 0.3) is 0 Å². The van der Waals surface area contributed by atoms with Crippen LogP contribution in [-0.4, -0.2) is 76.5 Å². The molecule has 15 nitrogen and oxygen atoms in total. The van der Waals surface area contributed by atoms with Gasteiger partial charge in [0.2, 0.25) is 35.4 Å². The number of carboxylic acids is 1. The maximum absolute atomic E-state index is 13.4. The topological polar surface area (TPSA) is 257 Å². The predicted molar refractivity (Wildman–Crippen MR) is 220 cm³/mol. The van der Waals surface area contributed by atoms with E-state index in [2.05, 4.69) is 21.3 Å². The van der Waals surface area contributed by atoms with Gasteiger partial charge in [-0.2, -0.15) is 0 Å². The summed E-state index contributed by atoms with van der Waals surface area (Å²) in [7, 11) is 0. The molecule has 0 aliphatic heterocycles. The van der Waals surface area contributed by atoms with Crippen LogP contribution in [0.3, 0.4) is 0 Å². The molecule has 3 aromatic carbocycles. The lowest BCUT2D eigenvalue weighted by Gasteiger charge is -2.26. The van der Waals surface area contributed by atoms with Gasteiger partial charge in [-0.3, -0.25) is 33.6 Å². The van der Waals surface area contributed by atoms with Crippen molar-refractivity contribution in [2.45, 2.75) is 109 Å². The molecule has 0 aliphatic rings. The smallest absolute Gasteiger partial charge is 0.326 e. The van der Waals surface area contributed by atoms with E-state index in [1.54, 1.807) is 78.9 Å². The van der Waals surface area contributed by atoms with E-state index in [1.807, 2.05) is 19.9 Å². The lowest BCUT2D eigenvalue weighted by atomic mass is 9.96. The molecule has 9 N–H and O–H groups in total. The molecule has 0 bridgehead atoms. The number of nitrogens with one attached hydrogen (secondary N) is 4. The van der Waals surface area contributed by atoms with Crippen LogP contribution in [0.1, 0.15) is 98.7 Å². The number of ketones is 1. The van der Waals surface area contributed by atoms with Crippen molar-refractivity contribution in [1.82, 2.24) is 21.3 Å². The van der Waals surface area contributed by atoms with Crippen LogP contribution >= 0.6 is 0 Å². The number of carbonyl (C=O) groups is 8. The minimum Gasteiger partial charge on any atom is -0.480 e. The molecular weight excluding hydrogens is 757 g/mol. The van der Waals surface area contributed by atoms with Gasteiger partial charge in [0.1, 0.15) is 24.2 Å². The summed E-state index contributed by atoms with van der Waals surface area (Å²) in [6.07, 6.45) is 3.36. The molecule has 15 heteroatoms. The molecule has 5 atom stereocenters. The number of rotatable bonds is 26. The van der Waals surface area contributed by atoms with E-state index >= 15 is 0 Å². The summed E-state index contributed by atoms with van der Waals surface area (Å²) in [6.45, 7) is 3.71. The molecular formula is C44H56N6O9. The van der Waals surface area contributed by atoms with E-state index in [1.165, 1.54) is 0 Å². The second kappa shape index (κ2) is 24.4. The molecule has 0 radical (unpaired) electrons. The third kappa shape index (κ3) is 16.6. The first-order valence-electron chi connectivity index (χ1n) is 19.9. The highest BCUT2D eigenvalue weighted by atomic mass is 16.4. The molecule has 59 heavy (non-hydrogen) atoms. The number of amides is 6. The highest BCUT2D eigenvalue weighted by Crippen LogP contribution is 2.15. The van der Waals surface area contributed by atoms with Crippen LogP contribution in [0, 0.1) is 5.92 Å². The van der Waals surface area contributed by atoms with Crippen molar-refractivity contribution < 1.29 is 43.5 Å². The van der Waals surface area contributed by atoms with E-state index in [4.69, 9.17) is 11.5 Å². The van der Waals surface area contributed by atoms with Gasteiger partial charge in [-0.15, -0.1) is 0 Å². The fourth-order valence-electron chi connectivity index (χ4n) is 6.32. The maximum Gasteiger partial charge on any atom is 0.326 e. The van der Waals surface area contributed by atoms with E-state index in [-0.39, 0.29) is 43.3 Å². The Bertz CT molecular complexity index is 1890. The lowest BCUT2D eigenvalue weighted by molar-refractivity contribution is -0.142. The highest BCUT2D eigenvalue weighted by Gasteiger charge is 2.30. The van der Waals surface area contributed by atoms with Crippen molar-refractivity contribution >= 4 is 47.2 Å². The third-order valence-electron chi connectivity index (χ3n) is 9.93. The maximum atomic E-state index is 13.4. The molecule has 6 amide bonds. The van der Waals surface area contributed by atoms with Gasteiger partial charge in [-0.25, -0.2) is 4.79 Å². The van der Waals surface area contributed by atoms with Crippen LogP contribution in [0.4, 0.5) is 0 Å². The zero-order valence-electron chi connectivity index (χ0n) is 33.6. The van der Waals surface area contributed by atoms with Gasteiger partial charge in [0, 0.05) is 36.8 Å². The van der Waals surface area contributed by atoms with Crippen LogP contribution < -0.4 is 32.7 Å². The van der Waals surface area contributed by atoms with E-state index in [9.17, 15) is 43.5 Å². The number of nitrogens with two attached hydrogens (primary N) is 2. The van der Waals surface area contributed by atoms with Crippen molar-refractivity contribution in [3.63, 3.8) is 0 Å². The Hall–Kier alpha value is -6.38. The summed E-state index contributed by atoms with van der Waals surface area (Å²) < 4.78 is 0. The van der Waals surface area contributed by atoms with Crippen molar-refractivity contribution in [2.75, 3.05) is 0 Å². The van der Waals surface area contributed by atoms with Crippen molar-refractivity contribution in [3.05, 3.63) is 107 Å². The quantitative estimate of drug-likeness (QED) is 0.0464. The average molecular weight is 813 g/mol. The summed E-state index contributed by atoms with van der Waals surface area (Å²) in [4.78, 5) is 100. The first-order valence-corrected chi connectivity index (χ1v) is 19.9. The molecule has 0 aromatic heterocycles. The van der Waals surface area contributed by atoms with Gasteiger partial charge in [0.15, 0.2) is 5.78 Å². The molecule has 0 heterocycles. The molecule has 0 saturated carbocycles. The molecule has 0 spiro atoms. The number of aliphatic carboxylic acids is 1. The van der Waals surface area contributed by atoms with Crippen molar-refractivity contribution in [3.8, 4) is 0 Å². The molecule has 0 saturated heterocycles. The van der Waals surface area contributed by atoms with Crippen molar-refractivity contribution in [1.29, 1.82) is 0 Å².